The van der Waals surface area contributed by atoms with Crippen LogP contribution in [0.25, 0.3) is 0 Å². The molecule has 1 aliphatic rings. The van der Waals surface area contributed by atoms with Gasteiger partial charge in [-0.3, -0.25) is 4.90 Å². The van der Waals surface area contributed by atoms with Crippen molar-refractivity contribution in [2.75, 3.05) is 26.8 Å². The van der Waals surface area contributed by atoms with Crippen LogP contribution in [0.15, 0.2) is 24.3 Å². The Labute approximate surface area is 116 Å². The molecule has 0 radical (unpaired) electrons. The Morgan fingerprint density at radius 2 is 2.20 bits per heavy atom. The number of benzene rings is 1. The summed E-state index contributed by atoms with van der Waals surface area (Å²) in [5.74, 6) is 0. The van der Waals surface area contributed by atoms with E-state index >= 15 is 0 Å². The zero-order valence-electron chi connectivity index (χ0n) is 11.4. The van der Waals surface area contributed by atoms with E-state index in [2.05, 4.69) is 0 Å². The maximum absolute atomic E-state index is 12.8. The number of rotatable bonds is 4. The molecule has 2 atom stereocenters. The van der Waals surface area contributed by atoms with Crippen LogP contribution in [0.1, 0.15) is 23.6 Å². The summed E-state index contributed by atoms with van der Waals surface area (Å²) >= 11 is 0. The van der Waals surface area contributed by atoms with Crippen molar-refractivity contribution in [3.05, 3.63) is 35.4 Å². The lowest BCUT2D eigenvalue weighted by Gasteiger charge is -2.32. The minimum atomic E-state index is -4.33. The first-order valence-corrected chi connectivity index (χ1v) is 6.60. The molecular formula is C14H19F3N2O. The van der Waals surface area contributed by atoms with Gasteiger partial charge in [0.15, 0.2) is 0 Å². The Kier molecular flexibility index (Phi) is 4.67. The van der Waals surface area contributed by atoms with Gasteiger partial charge in [-0.05, 0) is 31.2 Å². The van der Waals surface area contributed by atoms with Crippen molar-refractivity contribution in [3.8, 4) is 0 Å². The van der Waals surface area contributed by atoms with Gasteiger partial charge in [0.05, 0.1) is 12.2 Å². The second kappa shape index (κ2) is 6.11. The van der Waals surface area contributed by atoms with Crippen LogP contribution in [0.3, 0.4) is 0 Å². The number of nitrogens with two attached hydrogens (primary N) is 1. The van der Waals surface area contributed by atoms with Gasteiger partial charge >= 0.3 is 6.18 Å². The van der Waals surface area contributed by atoms with E-state index in [4.69, 9.17) is 10.5 Å². The number of likely N-dealkylation sites (N-methyl/N-ethyl adjacent to an activating group) is 1. The van der Waals surface area contributed by atoms with E-state index in [1.54, 1.807) is 6.07 Å². The van der Waals surface area contributed by atoms with Crippen LogP contribution in [0.5, 0.6) is 0 Å². The average molecular weight is 288 g/mol. The third kappa shape index (κ3) is 3.31. The van der Waals surface area contributed by atoms with Crippen LogP contribution in [0.4, 0.5) is 13.2 Å². The molecule has 1 aliphatic heterocycles. The topological polar surface area (TPSA) is 38.5 Å². The molecular weight excluding hydrogens is 269 g/mol. The number of nitrogens with zero attached hydrogens (tertiary/aromatic N) is 1. The van der Waals surface area contributed by atoms with E-state index in [1.165, 1.54) is 12.1 Å². The largest absolute Gasteiger partial charge is 0.416 e. The van der Waals surface area contributed by atoms with Crippen molar-refractivity contribution in [3.63, 3.8) is 0 Å². The Hall–Kier alpha value is -1.11. The quantitative estimate of drug-likeness (QED) is 0.924. The lowest BCUT2D eigenvalue weighted by molar-refractivity contribution is -0.137. The Morgan fingerprint density at radius 3 is 2.75 bits per heavy atom. The molecule has 2 N–H and O–H groups in total. The molecule has 2 unspecified atom stereocenters. The fourth-order valence-corrected chi connectivity index (χ4v) is 2.56. The van der Waals surface area contributed by atoms with E-state index in [9.17, 15) is 13.2 Å². The summed E-state index contributed by atoms with van der Waals surface area (Å²) in [5, 5.41) is 0. The number of alkyl halides is 3. The zero-order valence-corrected chi connectivity index (χ0v) is 11.4. The highest BCUT2D eigenvalue weighted by atomic mass is 19.4. The third-order valence-electron chi connectivity index (χ3n) is 3.80. The summed E-state index contributed by atoms with van der Waals surface area (Å²) in [7, 11) is 1.89. The summed E-state index contributed by atoms with van der Waals surface area (Å²) in [5.41, 5.74) is 5.73. The van der Waals surface area contributed by atoms with Gasteiger partial charge < -0.3 is 10.5 Å². The van der Waals surface area contributed by atoms with Crippen molar-refractivity contribution in [1.29, 1.82) is 0 Å². The summed E-state index contributed by atoms with van der Waals surface area (Å²) in [4.78, 5) is 2.02. The monoisotopic (exact) mass is 288 g/mol. The minimum absolute atomic E-state index is 0.207. The molecule has 6 heteroatoms. The smallest absolute Gasteiger partial charge is 0.380 e. The van der Waals surface area contributed by atoms with Gasteiger partial charge in [-0.1, -0.05) is 12.1 Å². The molecule has 0 spiro atoms. The predicted octanol–water partition coefficient (Wildman–Crippen LogP) is 2.43. The van der Waals surface area contributed by atoms with Crippen molar-refractivity contribution in [2.45, 2.75) is 24.7 Å². The molecule has 0 bridgehead atoms. The normalized spacial score (nSPS) is 21.4. The van der Waals surface area contributed by atoms with Crippen LogP contribution in [0, 0.1) is 0 Å². The van der Waals surface area contributed by atoms with Crippen LogP contribution < -0.4 is 5.73 Å². The van der Waals surface area contributed by atoms with Crippen molar-refractivity contribution >= 4 is 0 Å². The van der Waals surface area contributed by atoms with Crippen LogP contribution in [0.2, 0.25) is 0 Å². The Balaban J connectivity index is 2.22. The molecule has 1 aromatic carbocycles. The zero-order chi connectivity index (χ0) is 14.8. The Bertz CT molecular complexity index is 444. The first kappa shape index (κ1) is 15.3. The van der Waals surface area contributed by atoms with Gasteiger partial charge in [0.25, 0.3) is 0 Å². The second-order valence-electron chi connectivity index (χ2n) is 5.06. The molecule has 0 aromatic heterocycles. The highest BCUT2D eigenvalue weighted by Crippen LogP contribution is 2.32. The summed E-state index contributed by atoms with van der Waals surface area (Å²) in [6.07, 6.45) is -3.45. The average Bonchev–Trinajstić information content (AvgIpc) is 2.93. The van der Waals surface area contributed by atoms with E-state index < -0.39 is 11.7 Å². The van der Waals surface area contributed by atoms with Gasteiger partial charge in [0.2, 0.25) is 0 Å². The number of hydrogen-bond acceptors (Lipinski definition) is 3. The number of hydrogen-bond donors (Lipinski definition) is 1. The first-order chi connectivity index (χ1) is 9.43. The van der Waals surface area contributed by atoms with E-state index in [0.717, 1.165) is 12.5 Å². The van der Waals surface area contributed by atoms with Gasteiger partial charge in [-0.15, -0.1) is 0 Å². The van der Waals surface area contributed by atoms with Crippen LogP contribution >= 0.6 is 0 Å². The summed E-state index contributed by atoms with van der Waals surface area (Å²) in [6.45, 7) is 1.56. The van der Waals surface area contributed by atoms with Crippen molar-refractivity contribution < 1.29 is 17.9 Å². The maximum Gasteiger partial charge on any atom is 0.416 e. The molecule has 112 valence electrons. The molecule has 1 fully saturated rings. The molecule has 1 aromatic rings. The van der Waals surface area contributed by atoms with Crippen LogP contribution in [-0.4, -0.2) is 37.7 Å². The highest BCUT2D eigenvalue weighted by Gasteiger charge is 2.32. The summed E-state index contributed by atoms with van der Waals surface area (Å²) in [6, 6.07) is 5.36. The standard InChI is InChI=1S/C14H19F3N2O/c1-19(12-5-6-20-9-12)13(8-18)10-3-2-4-11(7-10)14(15,16)17/h2-4,7,12-13H,5-6,8-9,18H2,1H3. The SMILES string of the molecule is CN(C1CCOC1)C(CN)c1cccc(C(F)(F)F)c1. The van der Waals surface area contributed by atoms with Gasteiger partial charge in [-0.2, -0.15) is 13.2 Å². The third-order valence-corrected chi connectivity index (χ3v) is 3.80. The van der Waals surface area contributed by atoms with Crippen LogP contribution in [-0.2, 0) is 10.9 Å². The fraction of sp³-hybridized carbons (Fsp3) is 0.571. The van der Waals surface area contributed by atoms with Gasteiger partial charge in [-0.25, -0.2) is 0 Å². The second-order valence-corrected chi connectivity index (χ2v) is 5.06. The minimum Gasteiger partial charge on any atom is -0.380 e. The molecule has 0 saturated carbocycles. The molecule has 3 nitrogen and oxygen atoms in total. The fourth-order valence-electron chi connectivity index (χ4n) is 2.56. The van der Waals surface area contributed by atoms with E-state index in [0.29, 0.717) is 18.8 Å². The lowest BCUT2D eigenvalue weighted by Crippen LogP contribution is -2.39. The number of halogens is 3. The van der Waals surface area contributed by atoms with Gasteiger partial charge in [0.1, 0.15) is 0 Å². The lowest BCUT2D eigenvalue weighted by atomic mass is 10.0. The molecule has 2 rings (SSSR count). The maximum atomic E-state index is 12.8. The molecule has 1 heterocycles. The Morgan fingerprint density at radius 1 is 1.45 bits per heavy atom. The van der Waals surface area contributed by atoms with E-state index in [-0.39, 0.29) is 18.6 Å². The van der Waals surface area contributed by atoms with Crippen molar-refractivity contribution in [1.82, 2.24) is 4.90 Å². The van der Waals surface area contributed by atoms with Crippen molar-refractivity contribution in [2.24, 2.45) is 5.73 Å². The molecule has 1 saturated heterocycles. The first-order valence-electron chi connectivity index (χ1n) is 6.60. The number of ether oxygens (including phenoxy) is 1. The molecule has 0 aliphatic carbocycles. The summed E-state index contributed by atoms with van der Waals surface area (Å²) < 4.78 is 43.6. The predicted molar refractivity (Wildman–Crippen MR) is 70.2 cm³/mol. The highest BCUT2D eigenvalue weighted by molar-refractivity contribution is 5.28. The molecule has 0 amide bonds. The van der Waals surface area contributed by atoms with E-state index in [1.807, 2.05) is 11.9 Å². The molecule has 20 heavy (non-hydrogen) atoms. The van der Waals surface area contributed by atoms with Gasteiger partial charge in [0, 0.05) is 25.2 Å².